The van der Waals surface area contributed by atoms with E-state index in [9.17, 15) is 14.0 Å². The molecule has 0 spiro atoms. The SMILES string of the molecule is Cc1cc(=O)c(C(=O)N(C)Cc2c(F)cccc2Cl)c[nH]1. The molecular weight excluding hydrogens is 295 g/mol. The molecule has 21 heavy (non-hydrogen) atoms. The predicted octanol–water partition coefficient (Wildman–Crippen LogP) is 2.75. The maximum Gasteiger partial charge on any atom is 0.259 e. The number of aromatic nitrogens is 1. The minimum Gasteiger partial charge on any atom is -0.364 e. The molecule has 1 aromatic carbocycles. The van der Waals surface area contributed by atoms with E-state index in [-0.39, 0.29) is 28.1 Å². The van der Waals surface area contributed by atoms with Crippen LogP contribution in [0.15, 0.2) is 35.3 Å². The molecule has 0 bridgehead atoms. The number of pyridine rings is 1. The van der Waals surface area contributed by atoms with Gasteiger partial charge >= 0.3 is 0 Å². The zero-order valence-electron chi connectivity index (χ0n) is 11.6. The highest BCUT2D eigenvalue weighted by Gasteiger charge is 2.18. The molecule has 0 aliphatic carbocycles. The fraction of sp³-hybridized carbons (Fsp3) is 0.200. The van der Waals surface area contributed by atoms with E-state index in [2.05, 4.69) is 4.98 Å². The van der Waals surface area contributed by atoms with Gasteiger partial charge in [0.1, 0.15) is 11.4 Å². The lowest BCUT2D eigenvalue weighted by molar-refractivity contribution is 0.0782. The van der Waals surface area contributed by atoms with Gasteiger partial charge in [-0.3, -0.25) is 9.59 Å². The minimum absolute atomic E-state index is 0.00978. The summed E-state index contributed by atoms with van der Waals surface area (Å²) in [6, 6.07) is 5.67. The van der Waals surface area contributed by atoms with Gasteiger partial charge in [-0.15, -0.1) is 0 Å². The number of nitrogens with zero attached hydrogens (tertiary/aromatic N) is 1. The van der Waals surface area contributed by atoms with Crippen molar-refractivity contribution in [3.05, 3.63) is 68.3 Å². The first kappa shape index (κ1) is 15.3. The van der Waals surface area contributed by atoms with Crippen molar-refractivity contribution in [3.8, 4) is 0 Å². The molecule has 0 aliphatic rings. The Balaban J connectivity index is 2.26. The van der Waals surface area contributed by atoms with Gasteiger partial charge in [0, 0.05) is 42.1 Å². The molecule has 0 saturated carbocycles. The van der Waals surface area contributed by atoms with Crippen molar-refractivity contribution in [2.75, 3.05) is 7.05 Å². The van der Waals surface area contributed by atoms with Gasteiger partial charge in [0.25, 0.3) is 5.91 Å². The van der Waals surface area contributed by atoms with Gasteiger partial charge in [-0.05, 0) is 19.1 Å². The third kappa shape index (κ3) is 3.31. The summed E-state index contributed by atoms with van der Waals surface area (Å²) in [4.78, 5) is 28.1. The van der Waals surface area contributed by atoms with Crippen LogP contribution in [0.25, 0.3) is 0 Å². The van der Waals surface area contributed by atoms with Crippen molar-refractivity contribution in [1.29, 1.82) is 0 Å². The largest absolute Gasteiger partial charge is 0.364 e. The Morgan fingerprint density at radius 1 is 1.43 bits per heavy atom. The summed E-state index contributed by atoms with van der Waals surface area (Å²) >= 11 is 5.93. The van der Waals surface area contributed by atoms with Gasteiger partial charge in [0.15, 0.2) is 5.43 Å². The van der Waals surface area contributed by atoms with Crippen molar-refractivity contribution in [2.45, 2.75) is 13.5 Å². The van der Waals surface area contributed by atoms with Crippen LogP contribution < -0.4 is 5.43 Å². The summed E-state index contributed by atoms with van der Waals surface area (Å²) in [5.74, 6) is -0.976. The molecule has 1 heterocycles. The van der Waals surface area contributed by atoms with Crippen LogP contribution in [0.2, 0.25) is 5.02 Å². The molecule has 2 aromatic rings. The first-order valence-electron chi connectivity index (χ1n) is 6.28. The minimum atomic E-state index is -0.490. The standard InChI is InChI=1S/C15H14ClFN2O2/c1-9-6-14(20)10(7-18-9)15(21)19(2)8-11-12(16)4-3-5-13(11)17/h3-7H,8H2,1-2H3,(H,18,20). The maximum absolute atomic E-state index is 13.7. The molecule has 0 saturated heterocycles. The lowest BCUT2D eigenvalue weighted by Crippen LogP contribution is -2.31. The van der Waals surface area contributed by atoms with E-state index in [4.69, 9.17) is 11.6 Å². The predicted molar refractivity (Wildman–Crippen MR) is 79.0 cm³/mol. The summed E-state index contributed by atoms with van der Waals surface area (Å²) in [5.41, 5.74) is 0.521. The molecule has 2 rings (SSSR count). The van der Waals surface area contributed by atoms with Crippen LogP contribution in [0.3, 0.4) is 0 Å². The summed E-state index contributed by atoms with van der Waals surface area (Å²) in [7, 11) is 1.49. The first-order valence-corrected chi connectivity index (χ1v) is 6.65. The Hall–Kier alpha value is -2.14. The molecular formula is C15H14ClFN2O2. The number of aromatic amines is 1. The number of halogens is 2. The van der Waals surface area contributed by atoms with E-state index in [0.29, 0.717) is 5.69 Å². The van der Waals surface area contributed by atoms with Crippen LogP contribution in [0, 0.1) is 12.7 Å². The zero-order valence-corrected chi connectivity index (χ0v) is 12.4. The summed E-state index contributed by atoms with van der Waals surface area (Å²) in [5, 5.41) is 0.243. The van der Waals surface area contributed by atoms with Gasteiger partial charge in [-0.2, -0.15) is 0 Å². The number of hydrogen-bond acceptors (Lipinski definition) is 2. The van der Waals surface area contributed by atoms with Crippen LogP contribution in [-0.4, -0.2) is 22.8 Å². The van der Waals surface area contributed by atoms with Crippen molar-refractivity contribution in [2.24, 2.45) is 0 Å². The monoisotopic (exact) mass is 308 g/mol. The fourth-order valence-corrected chi connectivity index (χ4v) is 2.16. The number of hydrogen-bond donors (Lipinski definition) is 1. The lowest BCUT2D eigenvalue weighted by Gasteiger charge is -2.18. The maximum atomic E-state index is 13.7. The number of rotatable bonds is 3. The highest BCUT2D eigenvalue weighted by atomic mass is 35.5. The molecule has 0 unspecified atom stereocenters. The normalized spacial score (nSPS) is 10.5. The van der Waals surface area contributed by atoms with Crippen molar-refractivity contribution in [1.82, 2.24) is 9.88 Å². The van der Waals surface area contributed by atoms with Crippen LogP contribution in [0.4, 0.5) is 4.39 Å². The van der Waals surface area contributed by atoms with E-state index >= 15 is 0 Å². The smallest absolute Gasteiger partial charge is 0.259 e. The zero-order chi connectivity index (χ0) is 15.6. The average molecular weight is 309 g/mol. The Kier molecular flexibility index (Phi) is 4.43. The first-order chi connectivity index (χ1) is 9.90. The highest BCUT2D eigenvalue weighted by Crippen LogP contribution is 2.20. The van der Waals surface area contributed by atoms with E-state index in [1.165, 1.54) is 36.3 Å². The molecule has 0 aliphatic heterocycles. The molecule has 4 nitrogen and oxygen atoms in total. The van der Waals surface area contributed by atoms with Gasteiger partial charge in [-0.1, -0.05) is 17.7 Å². The molecule has 6 heteroatoms. The Bertz CT molecular complexity index is 722. The van der Waals surface area contributed by atoms with E-state index in [1.807, 2.05) is 0 Å². The summed E-state index contributed by atoms with van der Waals surface area (Å²) < 4.78 is 13.7. The number of benzene rings is 1. The van der Waals surface area contributed by atoms with Crippen LogP contribution >= 0.6 is 11.6 Å². The van der Waals surface area contributed by atoms with Gasteiger partial charge in [0.2, 0.25) is 0 Å². The summed E-state index contributed by atoms with van der Waals surface area (Å²) in [6.07, 6.45) is 1.36. The third-order valence-corrected chi connectivity index (χ3v) is 3.45. The number of aryl methyl sites for hydroxylation is 1. The average Bonchev–Trinajstić information content (AvgIpc) is 2.42. The Morgan fingerprint density at radius 3 is 2.76 bits per heavy atom. The Morgan fingerprint density at radius 2 is 2.14 bits per heavy atom. The Labute approximate surface area is 126 Å². The number of H-pyrrole nitrogens is 1. The van der Waals surface area contributed by atoms with Crippen molar-refractivity contribution >= 4 is 17.5 Å². The third-order valence-electron chi connectivity index (χ3n) is 3.09. The summed E-state index contributed by atoms with van der Waals surface area (Å²) in [6.45, 7) is 1.70. The molecule has 0 fully saturated rings. The number of carbonyl (C=O) groups is 1. The fourth-order valence-electron chi connectivity index (χ4n) is 1.94. The quantitative estimate of drug-likeness (QED) is 0.948. The van der Waals surface area contributed by atoms with Gasteiger partial charge in [-0.25, -0.2) is 4.39 Å². The topological polar surface area (TPSA) is 53.2 Å². The second-order valence-electron chi connectivity index (χ2n) is 4.76. The second-order valence-corrected chi connectivity index (χ2v) is 5.16. The van der Waals surface area contributed by atoms with Gasteiger partial charge < -0.3 is 9.88 Å². The molecule has 1 aromatic heterocycles. The van der Waals surface area contributed by atoms with Crippen LogP contribution in [-0.2, 0) is 6.54 Å². The molecule has 0 radical (unpaired) electrons. The van der Waals surface area contributed by atoms with Crippen molar-refractivity contribution < 1.29 is 9.18 Å². The lowest BCUT2D eigenvalue weighted by atomic mass is 10.1. The number of carbonyl (C=O) groups excluding carboxylic acids is 1. The number of nitrogens with one attached hydrogen (secondary N) is 1. The molecule has 1 N–H and O–H groups in total. The molecule has 0 atom stereocenters. The van der Waals surface area contributed by atoms with Crippen LogP contribution in [0.5, 0.6) is 0 Å². The second kappa shape index (κ2) is 6.10. The highest BCUT2D eigenvalue weighted by molar-refractivity contribution is 6.31. The van der Waals surface area contributed by atoms with Crippen molar-refractivity contribution in [3.63, 3.8) is 0 Å². The number of amides is 1. The van der Waals surface area contributed by atoms with E-state index < -0.39 is 11.7 Å². The van der Waals surface area contributed by atoms with Crippen LogP contribution in [0.1, 0.15) is 21.6 Å². The van der Waals surface area contributed by atoms with Gasteiger partial charge in [0.05, 0.1) is 0 Å². The molecule has 110 valence electrons. The van der Waals surface area contributed by atoms with E-state index in [0.717, 1.165) is 0 Å². The molecule has 1 amide bonds. The van der Waals surface area contributed by atoms with E-state index in [1.54, 1.807) is 13.0 Å².